The maximum atomic E-state index is 13.4. The van der Waals surface area contributed by atoms with E-state index in [0.717, 1.165) is 12.8 Å². The smallest absolute Gasteiger partial charge is 0.330 e. The number of benzene rings is 1. The second-order valence-electron chi connectivity index (χ2n) is 7.11. The minimum absolute atomic E-state index is 0.0594. The zero-order valence-corrected chi connectivity index (χ0v) is 18.1. The van der Waals surface area contributed by atoms with E-state index in [-0.39, 0.29) is 41.3 Å². The van der Waals surface area contributed by atoms with Crippen LogP contribution in [0, 0.1) is 5.92 Å². The predicted molar refractivity (Wildman–Crippen MR) is 109 cm³/mol. The van der Waals surface area contributed by atoms with Gasteiger partial charge in [-0.25, -0.2) is 13.2 Å². The van der Waals surface area contributed by atoms with Crippen molar-refractivity contribution in [2.75, 3.05) is 47.5 Å². The fourth-order valence-corrected chi connectivity index (χ4v) is 4.97. The molecule has 0 radical (unpaired) electrons. The number of esters is 1. The average Bonchev–Trinajstić information content (AvgIpc) is 3.61. The molecule has 2 aliphatic rings. The molecule has 9 nitrogen and oxygen atoms in total. The number of nitrogens with zero attached hydrogens (tertiary/aromatic N) is 2. The van der Waals surface area contributed by atoms with Crippen LogP contribution in [0.15, 0.2) is 23.1 Å². The molecular weight excluding hydrogens is 412 g/mol. The van der Waals surface area contributed by atoms with E-state index in [1.165, 1.54) is 43.9 Å². The molecule has 0 aromatic heterocycles. The number of hydrogen-bond acceptors (Lipinski definition) is 7. The lowest BCUT2D eigenvalue weighted by Gasteiger charge is -2.34. The van der Waals surface area contributed by atoms with Crippen LogP contribution in [-0.4, -0.2) is 77.0 Å². The molecule has 0 unspecified atom stereocenters. The highest BCUT2D eigenvalue weighted by Gasteiger charge is 2.37. The molecule has 0 spiro atoms. The molecule has 1 saturated carbocycles. The summed E-state index contributed by atoms with van der Waals surface area (Å²) in [6, 6.07) is 3.00. The van der Waals surface area contributed by atoms with Crippen molar-refractivity contribution in [1.82, 2.24) is 9.21 Å². The van der Waals surface area contributed by atoms with E-state index < -0.39 is 16.0 Å². The van der Waals surface area contributed by atoms with Gasteiger partial charge in [0.05, 0.1) is 21.3 Å². The summed E-state index contributed by atoms with van der Waals surface area (Å²) >= 11 is 0. The van der Waals surface area contributed by atoms with Gasteiger partial charge in [-0.15, -0.1) is 0 Å². The molecule has 0 atom stereocenters. The second kappa shape index (κ2) is 9.05. The second-order valence-corrected chi connectivity index (χ2v) is 9.02. The normalized spacial score (nSPS) is 17.8. The highest BCUT2D eigenvalue weighted by atomic mass is 32.2. The summed E-state index contributed by atoms with van der Waals surface area (Å²) in [5.74, 6) is -0.0301. The summed E-state index contributed by atoms with van der Waals surface area (Å²) < 4.78 is 43.3. The Morgan fingerprint density at radius 1 is 1.03 bits per heavy atom. The SMILES string of the molecule is COC(=O)/C=C/c1cc(OC)c(OC)c(S(=O)(=O)N2CCN(C(=O)C3CC3)CC2)c1. The van der Waals surface area contributed by atoms with Crippen molar-refractivity contribution in [3.05, 3.63) is 23.8 Å². The summed E-state index contributed by atoms with van der Waals surface area (Å²) in [6.07, 6.45) is 4.47. The van der Waals surface area contributed by atoms with Gasteiger partial charge >= 0.3 is 5.97 Å². The van der Waals surface area contributed by atoms with Crippen LogP contribution in [0.2, 0.25) is 0 Å². The molecule has 2 fully saturated rings. The van der Waals surface area contributed by atoms with E-state index >= 15 is 0 Å². The summed E-state index contributed by atoms with van der Waals surface area (Å²) in [5.41, 5.74) is 0.444. The van der Waals surface area contributed by atoms with Crippen molar-refractivity contribution in [1.29, 1.82) is 0 Å². The highest BCUT2D eigenvalue weighted by molar-refractivity contribution is 7.89. The Kier molecular flexibility index (Phi) is 6.67. The molecule has 30 heavy (non-hydrogen) atoms. The van der Waals surface area contributed by atoms with Crippen LogP contribution >= 0.6 is 0 Å². The van der Waals surface area contributed by atoms with Gasteiger partial charge in [-0.2, -0.15) is 4.31 Å². The average molecular weight is 439 g/mol. The largest absolute Gasteiger partial charge is 0.493 e. The number of amides is 1. The van der Waals surface area contributed by atoms with Crippen LogP contribution in [-0.2, 0) is 24.3 Å². The number of sulfonamides is 1. The van der Waals surface area contributed by atoms with Crippen LogP contribution in [0.1, 0.15) is 18.4 Å². The van der Waals surface area contributed by atoms with E-state index in [1.54, 1.807) is 11.0 Å². The number of carbonyl (C=O) groups excluding carboxylic acids is 2. The third kappa shape index (κ3) is 4.59. The molecule has 1 aliphatic carbocycles. The molecule has 1 aromatic rings. The zero-order valence-electron chi connectivity index (χ0n) is 17.3. The lowest BCUT2D eigenvalue weighted by Crippen LogP contribution is -2.50. The summed E-state index contributed by atoms with van der Waals surface area (Å²) in [6.45, 7) is 1.12. The fraction of sp³-hybridized carbons (Fsp3) is 0.500. The number of ether oxygens (including phenoxy) is 3. The summed E-state index contributed by atoms with van der Waals surface area (Å²) in [5, 5.41) is 0. The Morgan fingerprint density at radius 2 is 1.70 bits per heavy atom. The molecule has 1 aromatic carbocycles. The van der Waals surface area contributed by atoms with Crippen molar-refractivity contribution in [2.45, 2.75) is 17.7 Å². The monoisotopic (exact) mass is 438 g/mol. The first-order valence-corrected chi connectivity index (χ1v) is 11.1. The van der Waals surface area contributed by atoms with E-state index in [4.69, 9.17) is 9.47 Å². The Hall–Kier alpha value is -2.59. The van der Waals surface area contributed by atoms with Crippen molar-refractivity contribution in [2.24, 2.45) is 5.92 Å². The Labute approximate surface area is 176 Å². The van der Waals surface area contributed by atoms with Gasteiger partial charge in [-0.1, -0.05) is 0 Å². The van der Waals surface area contributed by atoms with Crippen molar-refractivity contribution in [3.8, 4) is 11.5 Å². The lowest BCUT2D eigenvalue weighted by atomic mass is 10.2. The maximum Gasteiger partial charge on any atom is 0.330 e. The minimum atomic E-state index is -3.92. The molecule has 164 valence electrons. The quantitative estimate of drug-likeness (QED) is 0.464. The van der Waals surface area contributed by atoms with Gasteiger partial charge < -0.3 is 19.1 Å². The van der Waals surface area contributed by atoms with Crippen LogP contribution in [0.3, 0.4) is 0 Å². The molecule has 3 rings (SSSR count). The fourth-order valence-electron chi connectivity index (χ4n) is 3.35. The van der Waals surface area contributed by atoms with Gasteiger partial charge in [0.2, 0.25) is 15.9 Å². The number of piperazine rings is 1. The Bertz CT molecular complexity index is 946. The lowest BCUT2D eigenvalue weighted by molar-refractivity contribution is -0.135. The Morgan fingerprint density at radius 3 is 2.23 bits per heavy atom. The van der Waals surface area contributed by atoms with Crippen LogP contribution in [0.5, 0.6) is 11.5 Å². The molecular formula is C20H26N2O7S. The molecule has 0 N–H and O–H groups in total. The van der Waals surface area contributed by atoms with E-state index in [0.29, 0.717) is 18.7 Å². The molecule has 1 aliphatic heterocycles. The first-order valence-electron chi connectivity index (χ1n) is 9.62. The molecule has 1 amide bonds. The summed E-state index contributed by atoms with van der Waals surface area (Å²) in [7, 11) is 0.112. The first-order chi connectivity index (χ1) is 14.3. The minimum Gasteiger partial charge on any atom is -0.493 e. The van der Waals surface area contributed by atoms with E-state index in [2.05, 4.69) is 4.74 Å². The number of rotatable bonds is 7. The Balaban J connectivity index is 1.89. The summed E-state index contributed by atoms with van der Waals surface area (Å²) in [4.78, 5) is 25.3. The van der Waals surface area contributed by atoms with Gasteiger partial charge in [0.1, 0.15) is 4.90 Å². The van der Waals surface area contributed by atoms with Gasteiger partial charge in [0.25, 0.3) is 0 Å². The van der Waals surface area contributed by atoms with Crippen molar-refractivity contribution < 1.29 is 32.2 Å². The first kappa shape index (κ1) is 22.1. The van der Waals surface area contributed by atoms with Crippen molar-refractivity contribution >= 4 is 28.0 Å². The van der Waals surface area contributed by atoms with Crippen LogP contribution < -0.4 is 9.47 Å². The topological polar surface area (TPSA) is 102 Å². The maximum absolute atomic E-state index is 13.4. The molecule has 10 heteroatoms. The number of carbonyl (C=O) groups is 2. The third-order valence-corrected chi connectivity index (χ3v) is 7.08. The highest BCUT2D eigenvalue weighted by Crippen LogP contribution is 2.38. The zero-order chi connectivity index (χ0) is 21.9. The van der Waals surface area contributed by atoms with Gasteiger partial charge in [0, 0.05) is 38.2 Å². The van der Waals surface area contributed by atoms with E-state index in [1.807, 2.05) is 0 Å². The third-order valence-electron chi connectivity index (χ3n) is 5.17. The molecule has 1 heterocycles. The van der Waals surface area contributed by atoms with E-state index in [9.17, 15) is 18.0 Å². The van der Waals surface area contributed by atoms with Crippen molar-refractivity contribution in [3.63, 3.8) is 0 Å². The van der Waals surface area contributed by atoms with Gasteiger partial charge in [0.15, 0.2) is 11.5 Å². The van der Waals surface area contributed by atoms with Gasteiger partial charge in [-0.3, -0.25) is 4.79 Å². The standard InChI is InChI=1S/C20H26N2O7S/c1-27-16-12-14(4-7-18(23)28-2)13-17(19(16)29-3)30(25,26)22-10-8-21(9-11-22)20(24)15-5-6-15/h4,7,12-13,15H,5-6,8-11H2,1-3H3/b7-4+. The number of hydrogen-bond donors (Lipinski definition) is 0. The van der Waals surface area contributed by atoms with Gasteiger partial charge in [-0.05, 0) is 36.6 Å². The van der Waals surface area contributed by atoms with Crippen LogP contribution in [0.25, 0.3) is 6.08 Å². The molecule has 0 bridgehead atoms. The molecule has 1 saturated heterocycles. The predicted octanol–water partition coefficient (Wildman–Crippen LogP) is 1.13. The van der Waals surface area contributed by atoms with Crippen LogP contribution in [0.4, 0.5) is 0 Å². The number of methoxy groups -OCH3 is 3.